The summed E-state index contributed by atoms with van der Waals surface area (Å²) in [6.07, 6.45) is -0.110. The number of rotatable bonds is 6. The van der Waals surface area contributed by atoms with Crippen LogP contribution >= 0.6 is 0 Å². The molecule has 0 amide bonds. The number of para-hydroxylation sites is 1. The Labute approximate surface area is 197 Å². The van der Waals surface area contributed by atoms with E-state index in [1.165, 1.54) is 5.56 Å². The van der Waals surface area contributed by atoms with Crippen molar-refractivity contribution >= 4 is 28.5 Å². The number of fused-ring (bicyclic) bond motifs is 2. The first-order valence-corrected chi connectivity index (χ1v) is 11.4. The average Bonchev–Trinajstić information content (AvgIpc) is 3.40. The van der Waals surface area contributed by atoms with Crippen molar-refractivity contribution in [3.63, 3.8) is 0 Å². The van der Waals surface area contributed by atoms with E-state index in [0.717, 1.165) is 23.3 Å². The van der Waals surface area contributed by atoms with E-state index >= 15 is 0 Å². The number of anilines is 1. The smallest absolute Gasteiger partial charge is 0.307 e. The highest BCUT2D eigenvalue weighted by atomic mass is 16.5. The lowest BCUT2D eigenvalue weighted by atomic mass is 9.96. The number of aryl methyl sites for hydroxylation is 1. The Morgan fingerprint density at radius 2 is 1.85 bits per heavy atom. The van der Waals surface area contributed by atoms with E-state index in [1.807, 2.05) is 43.3 Å². The minimum absolute atomic E-state index is 0.0269. The van der Waals surface area contributed by atoms with Crippen LogP contribution in [0.25, 0.3) is 10.9 Å². The third kappa shape index (κ3) is 3.92. The summed E-state index contributed by atoms with van der Waals surface area (Å²) in [7, 11) is 0. The fourth-order valence-corrected chi connectivity index (χ4v) is 4.84. The molecule has 2 N–H and O–H groups in total. The second-order valence-electron chi connectivity index (χ2n) is 8.77. The minimum atomic E-state index is -0.897. The van der Waals surface area contributed by atoms with Gasteiger partial charge in [0.15, 0.2) is 0 Å². The summed E-state index contributed by atoms with van der Waals surface area (Å²) in [4.78, 5) is 24.6. The highest BCUT2D eigenvalue weighted by Crippen LogP contribution is 2.35. The monoisotopic (exact) mass is 454 g/mol. The highest BCUT2D eigenvalue weighted by molar-refractivity contribution is 6.04. The molecule has 0 saturated carbocycles. The Hall–Kier alpha value is -4.06. The molecule has 2 heterocycles. The molecule has 0 fully saturated rings. The van der Waals surface area contributed by atoms with E-state index in [1.54, 1.807) is 28.8 Å². The molecular weight excluding hydrogens is 428 g/mol. The number of ether oxygens (including phenoxy) is 1. The van der Waals surface area contributed by atoms with Crippen LogP contribution in [0.3, 0.4) is 0 Å². The number of carbonyl (C=O) groups excluding carboxylic acids is 1. The van der Waals surface area contributed by atoms with Crippen molar-refractivity contribution in [3.8, 4) is 5.75 Å². The number of hydrogen-bond acceptors (Lipinski definition) is 4. The van der Waals surface area contributed by atoms with Crippen LogP contribution in [0.5, 0.6) is 5.75 Å². The molecule has 1 aliphatic heterocycles. The van der Waals surface area contributed by atoms with Gasteiger partial charge in [0.2, 0.25) is 0 Å². The van der Waals surface area contributed by atoms with Gasteiger partial charge in [0.1, 0.15) is 11.9 Å². The number of nitrogens with zero attached hydrogens (tertiary/aromatic N) is 1. The van der Waals surface area contributed by atoms with Crippen molar-refractivity contribution in [1.29, 1.82) is 0 Å². The maximum absolute atomic E-state index is 13.4. The molecule has 3 aromatic carbocycles. The van der Waals surface area contributed by atoms with Crippen molar-refractivity contribution in [3.05, 3.63) is 95.2 Å². The summed E-state index contributed by atoms with van der Waals surface area (Å²) in [6.45, 7) is 4.76. The predicted octanol–water partition coefficient (Wildman–Crippen LogP) is 5.24. The number of hydrogen-bond donors (Lipinski definition) is 2. The largest absolute Gasteiger partial charge is 0.490 e. The lowest BCUT2D eigenvalue weighted by Gasteiger charge is -2.21. The summed E-state index contributed by atoms with van der Waals surface area (Å²) >= 11 is 0. The van der Waals surface area contributed by atoms with Crippen molar-refractivity contribution in [2.75, 3.05) is 11.9 Å². The van der Waals surface area contributed by atoms with E-state index in [4.69, 9.17) is 4.74 Å². The van der Waals surface area contributed by atoms with E-state index in [0.29, 0.717) is 22.4 Å². The number of aliphatic carboxylic acids is 1. The number of carboxylic acid groups (broad SMARTS) is 1. The van der Waals surface area contributed by atoms with Gasteiger partial charge in [0.05, 0.1) is 11.9 Å². The number of nitrogens with one attached hydrogen (secondary N) is 1. The summed E-state index contributed by atoms with van der Waals surface area (Å²) in [5, 5.41) is 13.4. The molecule has 4 aromatic rings. The van der Waals surface area contributed by atoms with Gasteiger partial charge in [-0.15, -0.1) is 0 Å². The van der Waals surface area contributed by atoms with Gasteiger partial charge in [0, 0.05) is 34.8 Å². The third-order valence-electron chi connectivity index (χ3n) is 6.53. The van der Waals surface area contributed by atoms with Gasteiger partial charge in [-0.25, -0.2) is 0 Å². The highest BCUT2D eigenvalue weighted by Gasteiger charge is 2.28. The molecule has 5 rings (SSSR count). The molecule has 1 aliphatic rings. The van der Waals surface area contributed by atoms with Crippen LogP contribution in [0.1, 0.15) is 40.0 Å². The molecule has 0 aliphatic carbocycles. The van der Waals surface area contributed by atoms with E-state index in [9.17, 15) is 14.7 Å². The Morgan fingerprint density at radius 3 is 2.62 bits per heavy atom. The molecule has 0 bridgehead atoms. The van der Waals surface area contributed by atoms with Crippen LogP contribution in [-0.4, -0.2) is 34.2 Å². The predicted molar refractivity (Wildman–Crippen MR) is 132 cm³/mol. The topological polar surface area (TPSA) is 80.6 Å². The van der Waals surface area contributed by atoms with E-state index in [2.05, 4.69) is 24.4 Å². The number of carboxylic acids is 1. The molecule has 172 valence electrons. The summed E-state index contributed by atoms with van der Waals surface area (Å²) in [5.74, 6) is -0.0860. The van der Waals surface area contributed by atoms with Gasteiger partial charge in [-0.3, -0.25) is 14.2 Å². The lowest BCUT2D eigenvalue weighted by molar-refractivity contribution is -0.136. The molecule has 6 heteroatoms. The van der Waals surface area contributed by atoms with Crippen molar-refractivity contribution in [1.82, 2.24) is 4.57 Å². The molecular formula is C28H26N2O4. The van der Waals surface area contributed by atoms with Crippen molar-refractivity contribution in [2.24, 2.45) is 0 Å². The maximum Gasteiger partial charge on any atom is 0.307 e. The van der Waals surface area contributed by atoms with E-state index in [-0.39, 0.29) is 24.3 Å². The zero-order valence-electron chi connectivity index (χ0n) is 19.1. The third-order valence-corrected chi connectivity index (χ3v) is 6.53. The SMILES string of the molecule is Cc1cc2c(CC(=O)O)cccc2n1C(=O)c1ccc(OC(C)C2CNc3ccccc32)cc1. The molecule has 2 unspecified atom stereocenters. The van der Waals surface area contributed by atoms with E-state index < -0.39 is 5.97 Å². The first kappa shape index (κ1) is 21.8. The van der Waals surface area contributed by atoms with Crippen molar-refractivity contribution < 1.29 is 19.4 Å². The maximum atomic E-state index is 13.4. The average molecular weight is 455 g/mol. The second kappa shape index (κ2) is 8.71. The van der Waals surface area contributed by atoms with Crippen LogP contribution in [0.4, 0.5) is 5.69 Å². The van der Waals surface area contributed by atoms with Gasteiger partial charge in [0.25, 0.3) is 5.91 Å². The molecule has 1 aromatic heterocycles. The Balaban J connectivity index is 1.36. The normalized spacial score (nSPS) is 15.5. The number of benzene rings is 3. The van der Waals surface area contributed by atoms with Crippen LogP contribution in [0, 0.1) is 6.92 Å². The molecule has 34 heavy (non-hydrogen) atoms. The summed E-state index contributed by atoms with van der Waals surface area (Å²) in [6, 6.07) is 22.8. The van der Waals surface area contributed by atoms with Gasteiger partial charge in [-0.1, -0.05) is 30.3 Å². The number of carbonyl (C=O) groups is 2. The molecule has 0 saturated heterocycles. The van der Waals surface area contributed by atoms with Crippen LogP contribution in [0.15, 0.2) is 72.8 Å². The minimum Gasteiger partial charge on any atom is -0.490 e. The summed E-state index contributed by atoms with van der Waals surface area (Å²) in [5.41, 5.74) is 5.13. The Kier molecular flexibility index (Phi) is 5.57. The Bertz CT molecular complexity index is 1390. The molecule has 0 radical (unpaired) electrons. The molecule has 0 spiro atoms. The lowest BCUT2D eigenvalue weighted by Crippen LogP contribution is -2.23. The Morgan fingerprint density at radius 1 is 1.09 bits per heavy atom. The fourth-order valence-electron chi connectivity index (χ4n) is 4.84. The van der Waals surface area contributed by atoms with Crippen LogP contribution in [0.2, 0.25) is 0 Å². The van der Waals surface area contributed by atoms with Gasteiger partial charge in [-0.2, -0.15) is 0 Å². The zero-order valence-corrected chi connectivity index (χ0v) is 19.1. The molecule has 2 atom stereocenters. The van der Waals surface area contributed by atoms with Gasteiger partial charge in [-0.05, 0) is 67.4 Å². The first-order chi connectivity index (χ1) is 16.4. The molecule has 6 nitrogen and oxygen atoms in total. The second-order valence-corrected chi connectivity index (χ2v) is 8.77. The van der Waals surface area contributed by atoms with Gasteiger partial charge < -0.3 is 15.2 Å². The van der Waals surface area contributed by atoms with Crippen molar-refractivity contribution in [2.45, 2.75) is 32.3 Å². The quantitative estimate of drug-likeness (QED) is 0.416. The zero-order chi connectivity index (χ0) is 23.8. The number of aromatic nitrogens is 1. The van der Waals surface area contributed by atoms with Crippen LogP contribution in [-0.2, 0) is 11.2 Å². The first-order valence-electron chi connectivity index (χ1n) is 11.4. The standard InChI is InChI=1S/C28H26N2O4/c1-17-14-23-20(15-27(31)32)6-5-9-26(23)30(17)28(33)19-10-12-21(13-11-19)34-18(2)24-16-29-25-8-4-3-7-22(24)25/h3-14,18,24,29H,15-16H2,1-2H3,(H,31,32). The fraction of sp³-hybridized carbons (Fsp3) is 0.214. The van der Waals surface area contributed by atoms with Gasteiger partial charge >= 0.3 is 5.97 Å². The van der Waals surface area contributed by atoms with Crippen LogP contribution < -0.4 is 10.1 Å². The summed E-state index contributed by atoms with van der Waals surface area (Å²) < 4.78 is 7.85.